The summed E-state index contributed by atoms with van der Waals surface area (Å²) in [7, 11) is 0. The van der Waals surface area contributed by atoms with Crippen LogP contribution < -0.4 is 10.1 Å². The summed E-state index contributed by atoms with van der Waals surface area (Å²) >= 11 is 7.02. The summed E-state index contributed by atoms with van der Waals surface area (Å²) in [6, 6.07) is 12.7. The van der Waals surface area contributed by atoms with Crippen LogP contribution in [-0.2, 0) is 19.5 Å². The lowest BCUT2D eigenvalue weighted by Crippen LogP contribution is -2.13. The molecule has 0 aromatic heterocycles. The maximum Gasteiger partial charge on any atom is 0.127 e. The maximum atomic E-state index is 5.74. The molecule has 1 aliphatic heterocycles. The van der Waals surface area contributed by atoms with E-state index in [0.717, 1.165) is 40.8 Å². The molecule has 0 fully saturated rings. The molecule has 0 radical (unpaired) electrons. The van der Waals surface area contributed by atoms with Crippen molar-refractivity contribution in [3.05, 3.63) is 62.0 Å². The summed E-state index contributed by atoms with van der Waals surface area (Å²) < 4.78 is 7.97. The highest BCUT2D eigenvalue weighted by Gasteiger charge is 2.16. The number of nitrogens with one attached hydrogen (secondary N) is 1. The van der Waals surface area contributed by atoms with Crippen molar-refractivity contribution >= 4 is 31.9 Å². The predicted molar refractivity (Wildman–Crippen MR) is 88.0 cm³/mol. The molecule has 0 atom stereocenters. The molecule has 2 nitrogen and oxygen atoms in total. The van der Waals surface area contributed by atoms with Crippen LogP contribution in [0.1, 0.15) is 16.7 Å². The average molecular weight is 397 g/mol. The normalized spacial score (nSPS) is 13.1. The molecule has 20 heavy (non-hydrogen) atoms. The zero-order valence-electron chi connectivity index (χ0n) is 11.0. The van der Waals surface area contributed by atoms with Gasteiger partial charge in [0.05, 0.1) is 6.61 Å². The molecule has 0 spiro atoms. The zero-order chi connectivity index (χ0) is 13.9. The molecule has 4 heteroatoms. The minimum Gasteiger partial charge on any atom is -0.493 e. The summed E-state index contributed by atoms with van der Waals surface area (Å²) in [6.07, 6.45) is 1.01. The summed E-state index contributed by atoms with van der Waals surface area (Å²) in [4.78, 5) is 0. The summed E-state index contributed by atoms with van der Waals surface area (Å²) in [6.45, 7) is 2.47. The van der Waals surface area contributed by atoms with Gasteiger partial charge in [-0.1, -0.05) is 44.0 Å². The predicted octanol–water partition coefficient (Wildman–Crippen LogP) is 4.44. The Morgan fingerprint density at radius 2 is 1.80 bits per heavy atom. The van der Waals surface area contributed by atoms with Crippen molar-refractivity contribution in [2.45, 2.75) is 19.5 Å². The quantitative estimate of drug-likeness (QED) is 0.824. The van der Waals surface area contributed by atoms with Gasteiger partial charge in [-0.2, -0.15) is 0 Å². The lowest BCUT2D eigenvalue weighted by Gasteiger charge is -2.10. The van der Waals surface area contributed by atoms with Gasteiger partial charge in [-0.25, -0.2) is 0 Å². The maximum absolute atomic E-state index is 5.74. The zero-order valence-corrected chi connectivity index (χ0v) is 14.1. The summed E-state index contributed by atoms with van der Waals surface area (Å²) in [5.74, 6) is 1.07. The highest BCUT2D eigenvalue weighted by Crippen LogP contribution is 2.32. The van der Waals surface area contributed by atoms with E-state index in [1.165, 1.54) is 16.7 Å². The molecule has 0 aliphatic carbocycles. The SMILES string of the molecule is Brc1ccc(CNCc2cc(Br)cc3c2OCC3)cc1. The number of halogens is 2. The molecule has 2 aromatic carbocycles. The highest BCUT2D eigenvalue weighted by molar-refractivity contribution is 9.10. The van der Waals surface area contributed by atoms with Crippen LogP contribution in [0.4, 0.5) is 0 Å². The molecule has 0 bridgehead atoms. The first-order chi connectivity index (χ1) is 9.72. The van der Waals surface area contributed by atoms with E-state index < -0.39 is 0 Å². The van der Waals surface area contributed by atoms with E-state index in [0.29, 0.717) is 0 Å². The minimum absolute atomic E-state index is 0.797. The Hall–Kier alpha value is -0.840. The van der Waals surface area contributed by atoms with E-state index in [4.69, 9.17) is 4.74 Å². The minimum atomic E-state index is 0.797. The number of hydrogen-bond acceptors (Lipinski definition) is 2. The van der Waals surface area contributed by atoms with Crippen molar-refractivity contribution in [3.63, 3.8) is 0 Å². The van der Waals surface area contributed by atoms with Crippen LogP contribution in [0, 0.1) is 0 Å². The molecule has 0 unspecified atom stereocenters. The molecule has 2 aromatic rings. The molecule has 0 amide bonds. The van der Waals surface area contributed by atoms with E-state index in [1.807, 2.05) is 0 Å². The molecule has 1 aliphatic rings. The Kier molecular flexibility index (Phi) is 4.44. The lowest BCUT2D eigenvalue weighted by molar-refractivity contribution is 0.352. The third kappa shape index (κ3) is 3.25. The van der Waals surface area contributed by atoms with Crippen LogP contribution in [-0.4, -0.2) is 6.61 Å². The van der Waals surface area contributed by atoms with Gasteiger partial charge in [-0.05, 0) is 35.4 Å². The molecule has 1 N–H and O–H groups in total. The molecule has 1 heterocycles. The van der Waals surface area contributed by atoms with E-state index in [-0.39, 0.29) is 0 Å². The van der Waals surface area contributed by atoms with E-state index in [1.54, 1.807) is 0 Å². The second kappa shape index (κ2) is 6.29. The molecular weight excluding hydrogens is 382 g/mol. The van der Waals surface area contributed by atoms with Crippen molar-refractivity contribution in [1.29, 1.82) is 0 Å². The van der Waals surface area contributed by atoms with Crippen LogP contribution >= 0.6 is 31.9 Å². The van der Waals surface area contributed by atoms with Crippen LogP contribution in [0.3, 0.4) is 0 Å². The lowest BCUT2D eigenvalue weighted by atomic mass is 10.1. The molecular formula is C16H15Br2NO. The van der Waals surface area contributed by atoms with Crippen LogP contribution in [0.15, 0.2) is 45.3 Å². The van der Waals surface area contributed by atoms with Crippen molar-refractivity contribution in [2.75, 3.05) is 6.61 Å². The van der Waals surface area contributed by atoms with Crippen molar-refractivity contribution in [1.82, 2.24) is 5.32 Å². The Morgan fingerprint density at radius 1 is 1.00 bits per heavy atom. The molecule has 0 saturated carbocycles. The number of benzene rings is 2. The number of hydrogen-bond donors (Lipinski definition) is 1. The van der Waals surface area contributed by atoms with E-state index >= 15 is 0 Å². The van der Waals surface area contributed by atoms with Gasteiger partial charge in [0.25, 0.3) is 0 Å². The first-order valence-electron chi connectivity index (χ1n) is 6.61. The Morgan fingerprint density at radius 3 is 2.60 bits per heavy atom. The molecule has 0 saturated heterocycles. The van der Waals surface area contributed by atoms with Crippen molar-refractivity contribution in [2.24, 2.45) is 0 Å². The largest absolute Gasteiger partial charge is 0.493 e. The van der Waals surface area contributed by atoms with Gasteiger partial charge in [-0.3, -0.25) is 0 Å². The monoisotopic (exact) mass is 395 g/mol. The van der Waals surface area contributed by atoms with E-state index in [9.17, 15) is 0 Å². The first-order valence-corrected chi connectivity index (χ1v) is 8.20. The van der Waals surface area contributed by atoms with Crippen molar-refractivity contribution in [3.8, 4) is 5.75 Å². The fourth-order valence-corrected chi connectivity index (χ4v) is 3.24. The summed E-state index contributed by atoms with van der Waals surface area (Å²) in [5, 5.41) is 3.48. The van der Waals surface area contributed by atoms with Crippen LogP contribution in [0.5, 0.6) is 5.75 Å². The van der Waals surface area contributed by atoms with Gasteiger partial charge in [0.15, 0.2) is 0 Å². The smallest absolute Gasteiger partial charge is 0.127 e. The van der Waals surface area contributed by atoms with Gasteiger partial charge < -0.3 is 10.1 Å². The summed E-state index contributed by atoms with van der Waals surface area (Å²) in [5.41, 5.74) is 3.81. The molecule has 3 rings (SSSR count). The number of rotatable bonds is 4. The van der Waals surface area contributed by atoms with Crippen LogP contribution in [0.25, 0.3) is 0 Å². The van der Waals surface area contributed by atoms with Crippen molar-refractivity contribution < 1.29 is 4.74 Å². The number of fused-ring (bicyclic) bond motifs is 1. The topological polar surface area (TPSA) is 21.3 Å². The van der Waals surface area contributed by atoms with Gasteiger partial charge in [0, 0.05) is 34.0 Å². The van der Waals surface area contributed by atoms with Gasteiger partial charge >= 0.3 is 0 Å². The average Bonchev–Trinajstić information content (AvgIpc) is 2.89. The molecule has 104 valence electrons. The second-order valence-corrected chi connectivity index (χ2v) is 6.71. The third-order valence-electron chi connectivity index (χ3n) is 3.38. The first kappa shape index (κ1) is 14.1. The van der Waals surface area contributed by atoms with E-state index in [2.05, 4.69) is 73.6 Å². The third-order valence-corrected chi connectivity index (χ3v) is 4.37. The van der Waals surface area contributed by atoms with Crippen LogP contribution in [0.2, 0.25) is 0 Å². The standard InChI is InChI=1S/C16H15Br2NO/c17-14-3-1-11(2-4-14)9-19-10-13-8-15(18)7-12-5-6-20-16(12)13/h1-4,7-8,19H,5-6,9-10H2. The van der Waals surface area contributed by atoms with Gasteiger partial charge in [-0.15, -0.1) is 0 Å². The fraction of sp³-hybridized carbons (Fsp3) is 0.250. The van der Waals surface area contributed by atoms with Gasteiger partial charge in [0.1, 0.15) is 5.75 Å². The second-order valence-electron chi connectivity index (χ2n) is 4.88. The fourth-order valence-electron chi connectivity index (χ4n) is 2.42. The highest BCUT2D eigenvalue weighted by atomic mass is 79.9. The Bertz CT molecular complexity index is 611. The van der Waals surface area contributed by atoms with Gasteiger partial charge in [0.2, 0.25) is 0 Å². The Balaban J connectivity index is 1.65. The number of ether oxygens (including phenoxy) is 1. The Labute approximate surface area is 135 Å².